The average molecular weight is 425 g/mol. The van der Waals surface area contributed by atoms with E-state index in [1.54, 1.807) is 58.2 Å². The average Bonchev–Trinajstić information content (AvgIpc) is 2.97. The van der Waals surface area contributed by atoms with Gasteiger partial charge in [0.2, 0.25) is 10.0 Å². The molecule has 0 atom stereocenters. The molecule has 1 aliphatic heterocycles. The maximum Gasteiger partial charge on any atom is 0.262 e. The molecule has 2 aromatic rings. The lowest BCUT2D eigenvalue weighted by atomic mass is 10.1. The van der Waals surface area contributed by atoms with Crippen molar-refractivity contribution in [3.63, 3.8) is 0 Å². The van der Waals surface area contributed by atoms with Crippen molar-refractivity contribution in [3.8, 4) is 5.75 Å². The number of methoxy groups -OCH3 is 1. The van der Waals surface area contributed by atoms with Crippen molar-refractivity contribution in [2.24, 2.45) is 0 Å². The molecule has 28 heavy (non-hydrogen) atoms. The minimum Gasteiger partial charge on any atom is -0.496 e. The lowest BCUT2D eigenvalue weighted by Gasteiger charge is -2.19. The number of benzene rings is 2. The van der Waals surface area contributed by atoms with Crippen molar-refractivity contribution in [3.05, 3.63) is 47.0 Å². The largest absolute Gasteiger partial charge is 0.496 e. The number of nitrogens with zero attached hydrogens (tertiary/aromatic N) is 1. The molecule has 9 heteroatoms. The highest BCUT2D eigenvalue weighted by Crippen LogP contribution is 2.31. The Morgan fingerprint density at radius 1 is 1.04 bits per heavy atom. The first-order valence-corrected chi connectivity index (χ1v) is 11.9. The standard InChI is InChI=1S/C19H24N2O5S2/c1-13-10-16(21-8-5-9-27(21,22)23)6-7-17(13)20-28(24,25)19-12-14(2)18(26-4)11-15(19)3/h6-7,10-12,20H,5,8-9H2,1-4H3. The number of nitrogens with one attached hydrogen (secondary N) is 1. The number of hydrogen-bond donors (Lipinski definition) is 1. The zero-order valence-electron chi connectivity index (χ0n) is 16.3. The van der Waals surface area contributed by atoms with Gasteiger partial charge in [-0.05, 0) is 74.2 Å². The van der Waals surface area contributed by atoms with Gasteiger partial charge < -0.3 is 4.74 Å². The summed E-state index contributed by atoms with van der Waals surface area (Å²) in [4.78, 5) is 0.177. The molecule has 7 nitrogen and oxygen atoms in total. The summed E-state index contributed by atoms with van der Waals surface area (Å²) in [7, 11) is -5.55. The van der Waals surface area contributed by atoms with Crippen LogP contribution in [-0.4, -0.2) is 36.2 Å². The van der Waals surface area contributed by atoms with E-state index in [2.05, 4.69) is 4.72 Å². The van der Waals surface area contributed by atoms with Gasteiger partial charge in [0.05, 0.1) is 29.1 Å². The zero-order chi connectivity index (χ0) is 20.7. The van der Waals surface area contributed by atoms with E-state index in [9.17, 15) is 16.8 Å². The van der Waals surface area contributed by atoms with Crippen LogP contribution < -0.4 is 13.8 Å². The quantitative estimate of drug-likeness (QED) is 0.797. The Morgan fingerprint density at radius 3 is 2.32 bits per heavy atom. The van der Waals surface area contributed by atoms with E-state index in [1.165, 1.54) is 4.31 Å². The normalized spacial score (nSPS) is 16.2. The smallest absolute Gasteiger partial charge is 0.262 e. The van der Waals surface area contributed by atoms with E-state index in [-0.39, 0.29) is 10.6 Å². The summed E-state index contributed by atoms with van der Waals surface area (Å²) >= 11 is 0. The van der Waals surface area contributed by atoms with Gasteiger partial charge in [0, 0.05) is 6.54 Å². The first-order valence-electron chi connectivity index (χ1n) is 8.84. The van der Waals surface area contributed by atoms with Gasteiger partial charge in [-0.15, -0.1) is 0 Å². The van der Waals surface area contributed by atoms with Gasteiger partial charge in [-0.2, -0.15) is 0 Å². The Morgan fingerprint density at radius 2 is 1.75 bits per heavy atom. The van der Waals surface area contributed by atoms with Crippen LogP contribution in [0.1, 0.15) is 23.1 Å². The number of anilines is 2. The fraction of sp³-hybridized carbons (Fsp3) is 0.368. The first kappa shape index (κ1) is 20.5. The molecule has 152 valence electrons. The Kier molecular flexibility index (Phi) is 5.33. The van der Waals surface area contributed by atoms with Gasteiger partial charge in [0.25, 0.3) is 10.0 Å². The minimum absolute atomic E-state index is 0.135. The summed E-state index contributed by atoms with van der Waals surface area (Å²) in [6.45, 7) is 5.69. The monoisotopic (exact) mass is 424 g/mol. The summed E-state index contributed by atoms with van der Waals surface area (Å²) in [5, 5.41) is 0. The molecule has 1 heterocycles. The number of sulfonamides is 2. The minimum atomic E-state index is -3.81. The van der Waals surface area contributed by atoms with Crippen LogP contribution in [0.2, 0.25) is 0 Å². The molecular formula is C19H24N2O5S2. The van der Waals surface area contributed by atoms with Gasteiger partial charge in [0.15, 0.2) is 0 Å². The van der Waals surface area contributed by atoms with Crippen molar-refractivity contribution in [1.82, 2.24) is 0 Å². The van der Waals surface area contributed by atoms with E-state index in [1.807, 2.05) is 0 Å². The molecule has 1 saturated heterocycles. The molecule has 3 rings (SSSR count). The predicted octanol–water partition coefficient (Wildman–Crippen LogP) is 2.96. The zero-order valence-corrected chi connectivity index (χ0v) is 17.9. The molecule has 1 fully saturated rings. The van der Waals surface area contributed by atoms with Crippen LogP contribution in [0.3, 0.4) is 0 Å². The second kappa shape index (κ2) is 7.29. The van der Waals surface area contributed by atoms with E-state index in [4.69, 9.17) is 4.74 Å². The van der Waals surface area contributed by atoms with Gasteiger partial charge >= 0.3 is 0 Å². The molecule has 0 amide bonds. The third-order valence-electron chi connectivity index (χ3n) is 4.82. The van der Waals surface area contributed by atoms with Gasteiger partial charge in [-0.25, -0.2) is 16.8 Å². The van der Waals surface area contributed by atoms with Crippen molar-refractivity contribution in [1.29, 1.82) is 0 Å². The Hall–Kier alpha value is -2.26. The first-order chi connectivity index (χ1) is 13.0. The molecule has 2 aromatic carbocycles. The summed E-state index contributed by atoms with van der Waals surface area (Å²) in [5.41, 5.74) is 2.90. The van der Waals surface area contributed by atoms with Crippen molar-refractivity contribution >= 4 is 31.4 Å². The van der Waals surface area contributed by atoms with Crippen molar-refractivity contribution in [2.45, 2.75) is 32.1 Å². The van der Waals surface area contributed by atoms with Crippen LogP contribution in [0.25, 0.3) is 0 Å². The van der Waals surface area contributed by atoms with Crippen LogP contribution in [0.5, 0.6) is 5.75 Å². The van der Waals surface area contributed by atoms with Crippen LogP contribution in [-0.2, 0) is 20.0 Å². The lowest BCUT2D eigenvalue weighted by Crippen LogP contribution is -2.25. The van der Waals surface area contributed by atoms with E-state index < -0.39 is 20.0 Å². The third-order valence-corrected chi connectivity index (χ3v) is 8.20. The van der Waals surface area contributed by atoms with Crippen LogP contribution >= 0.6 is 0 Å². The topological polar surface area (TPSA) is 92.8 Å². The maximum absolute atomic E-state index is 12.9. The third kappa shape index (κ3) is 3.81. The highest BCUT2D eigenvalue weighted by atomic mass is 32.2. The summed E-state index contributed by atoms with van der Waals surface area (Å²) in [6, 6.07) is 8.18. The second-order valence-electron chi connectivity index (χ2n) is 6.93. The van der Waals surface area contributed by atoms with E-state index >= 15 is 0 Å². The highest BCUT2D eigenvalue weighted by molar-refractivity contribution is 7.93. The summed E-state index contributed by atoms with van der Waals surface area (Å²) in [6.07, 6.45) is 0.589. The number of aryl methyl sites for hydroxylation is 3. The number of ether oxygens (including phenoxy) is 1. The summed E-state index contributed by atoms with van der Waals surface area (Å²) in [5.74, 6) is 0.764. The Balaban J connectivity index is 1.92. The van der Waals surface area contributed by atoms with Crippen LogP contribution in [0, 0.1) is 20.8 Å². The molecule has 0 unspecified atom stereocenters. The van der Waals surface area contributed by atoms with E-state index in [0.717, 1.165) is 5.56 Å². The SMILES string of the molecule is COc1cc(C)c(S(=O)(=O)Nc2ccc(N3CCCS3(=O)=O)cc2C)cc1C. The lowest BCUT2D eigenvalue weighted by molar-refractivity contribution is 0.411. The highest BCUT2D eigenvalue weighted by Gasteiger charge is 2.29. The Bertz CT molecular complexity index is 1130. The molecule has 0 spiro atoms. The van der Waals surface area contributed by atoms with Crippen LogP contribution in [0.4, 0.5) is 11.4 Å². The van der Waals surface area contributed by atoms with Crippen molar-refractivity contribution < 1.29 is 21.6 Å². The summed E-state index contributed by atoms with van der Waals surface area (Å²) < 4.78 is 59.2. The number of hydrogen-bond acceptors (Lipinski definition) is 5. The molecule has 1 N–H and O–H groups in total. The molecule has 0 bridgehead atoms. The molecule has 0 aliphatic carbocycles. The molecular weight excluding hydrogens is 400 g/mol. The number of rotatable bonds is 5. The maximum atomic E-state index is 12.9. The fourth-order valence-corrected chi connectivity index (χ4v) is 6.32. The molecule has 0 radical (unpaired) electrons. The Labute approximate surface area is 166 Å². The van der Waals surface area contributed by atoms with Crippen LogP contribution in [0.15, 0.2) is 35.2 Å². The second-order valence-corrected chi connectivity index (χ2v) is 10.6. The van der Waals surface area contributed by atoms with Crippen molar-refractivity contribution in [2.75, 3.05) is 28.4 Å². The predicted molar refractivity (Wildman–Crippen MR) is 110 cm³/mol. The van der Waals surface area contributed by atoms with Gasteiger partial charge in [-0.3, -0.25) is 9.03 Å². The molecule has 0 saturated carbocycles. The molecule has 0 aromatic heterocycles. The fourth-order valence-electron chi connectivity index (χ4n) is 3.32. The van der Waals surface area contributed by atoms with E-state index in [0.29, 0.717) is 41.2 Å². The van der Waals surface area contributed by atoms with Gasteiger partial charge in [-0.1, -0.05) is 0 Å². The van der Waals surface area contributed by atoms with Gasteiger partial charge in [0.1, 0.15) is 5.75 Å². The molecule has 1 aliphatic rings.